The molecular weight excluding hydrogens is 321 g/mol. The molecule has 0 unspecified atom stereocenters. The Labute approximate surface area is 99.6 Å². The first-order chi connectivity index (χ1) is 5.58. The first-order valence-electron chi connectivity index (χ1n) is 3.31. The molecule has 0 aliphatic heterocycles. The molecule has 0 saturated heterocycles. The molecule has 5 heteroatoms. The molecule has 1 aromatic rings. The van der Waals surface area contributed by atoms with E-state index in [1.807, 2.05) is 18.2 Å². The van der Waals surface area contributed by atoms with E-state index >= 15 is 0 Å². The molecule has 0 atom stereocenters. The van der Waals surface area contributed by atoms with E-state index in [1.54, 1.807) is 0 Å². The lowest BCUT2D eigenvalue weighted by molar-refractivity contribution is -0.117. The van der Waals surface area contributed by atoms with Crippen LogP contribution in [0.1, 0.15) is 5.56 Å². The minimum atomic E-state index is -0.319. The minimum Gasteiger partial charge on any atom is -0.369 e. The van der Waals surface area contributed by atoms with E-state index in [0.29, 0.717) is 0 Å². The number of hydrogen-bond donors (Lipinski definition) is 1. The average Bonchev–Trinajstić information content (AvgIpc) is 1.81. The van der Waals surface area contributed by atoms with Crippen molar-refractivity contribution < 1.29 is 4.79 Å². The van der Waals surface area contributed by atoms with Gasteiger partial charge < -0.3 is 5.73 Å². The molecule has 1 rings (SSSR count). The lowest BCUT2D eigenvalue weighted by atomic mass is 10.1. The predicted octanol–water partition coefficient (Wildman–Crippen LogP) is 2.66. The maximum atomic E-state index is 10.6. The van der Waals surface area contributed by atoms with Crippen LogP contribution < -0.4 is 5.73 Å². The van der Waals surface area contributed by atoms with Crippen molar-refractivity contribution in [2.75, 3.05) is 0 Å². The van der Waals surface area contributed by atoms with E-state index in [1.165, 1.54) is 0 Å². The van der Waals surface area contributed by atoms with E-state index < -0.39 is 0 Å². The van der Waals surface area contributed by atoms with Gasteiger partial charge in [-0.2, -0.15) is 0 Å². The van der Waals surface area contributed by atoms with Crippen LogP contribution in [0, 0.1) is 0 Å². The zero-order chi connectivity index (χ0) is 9.14. The zero-order valence-corrected chi connectivity index (χ0v) is 10.6. The van der Waals surface area contributed by atoms with Crippen molar-refractivity contribution in [2.45, 2.75) is 6.42 Å². The van der Waals surface area contributed by atoms with Gasteiger partial charge in [-0.3, -0.25) is 4.79 Å². The Kier molecular flexibility index (Phi) is 5.60. The van der Waals surface area contributed by atoms with Crippen LogP contribution in [0.25, 0.3) is 0 Å². The first kappa shape index (κ1) is 12.9. The van der Waals surface area contributed by atoms with Crippen LogP contribution in [0.4, 0.5) is 0 Å². The second-order valence-corrected chi connectivity index (χ2v) is 4.25. The minimum absolute atomic E-state index is 0. The smallest absolute Gasteiger partial charge is 0.221 e. The molecule has 2 nitrogen and oxygen atoms in total. The largest absolute Gasteiger partial charge is 0.369 e. The molecule has 1 amide bonds. The molecule has 13 heavy (non-hydrogen) atoms. The van der Waals surface area contributed by atoms with Crippen LogP contribution in [-0.2, 0) is 11.2 Å². The van der Waals surface area contributed by atoms with Gasteiger partial charge in [0.15, 0.2) is 0 Å². The summed E-state index contributed by atoms with van der Waals surface area (Å²) in [6.07, 6.45) is 0.276. The molecule has 1 aromatic carbocycles. The summed E-state index contributed by atoms with van der Waals surface area (Å²) in [4.78, 5) is 10.6. The third-order valence-corrected chi connectivity index (χ3v) is 2.22. The summed E-state index contributed by atoms with van der Waals surface area (Å²) in [6, 6.07) is 5.65. The normalized spacial score (nSPS) is 9.08. The fourth-order valence-electron chi connectivity index (χ4n) is 0.914. The standard InChI is InChI=1S/C8H7Br2NO.ClH/c9-6-1-5(3-8(11)12)2-7(10)4-6;/h1-2,4H,3H2,(H2,11,12);1H. The highest BCUT2D eigenvalue weighted by molar-refractivity contribution is 9.11. The van der Waals surface area contributed by atoms with Crippen LogP contribution in [-0.4, -0.2) is 5.91 Å². The Morgan fingerprint density at radius 3 is 2.08 bits per heavy atom. The van der Waals surface area contributed by atoms with Gasteiger partial charge in [-0.05, 0) is 23.8 Å². The van der Waals surface area contributed by atoms with Crippen LogP contribution in [0.3, 0.4) is 0 Å². The monoisotopic (exact) mass is 327 g/mol. The van der Waals surface area contributed by atoms with Crippen LogP contribution >= 0.6 is 44.3 Å². The molecule has 0 saturated carbocycles. The van der Waals surface area contributed by atoms with E-state index in [-0.39, 0.29) is 24.7 Å². The van der Waals surface area contributed by atoms with Gasteiger partial charge in [0.25, 0.3) is 0 Å². The number of hydrogen-bond acceptors (Lipinski definition) is 1. The topological polar surface area (TPSA) is 43.1 Å². The van der Waals surface area contributed by atoms with Crippen molar-refractivity contribution in [2.24, 2.45) is 5.73 Å². The van der Waals surface area contributed by atoms with E-state index in [2.05, 4.69) is 31.9 Å². The van der Waals surface area contributed by atoms with Crippen molar-refractivity contribution >= 4 is 50.2 Å². The summed E-state index contributed by atoms with van der Waals surface area (Å²) < 4.78 is 1.88. The summed E-state index contributed by atoms with van der Waals surface area (Å²) in [6.45, 7) is 0. The van der Waals surface area contributed by atoms with Crippen molar-refractivity contribution in [3.63, 3.8) is 0 Å². The SMILES string of the molecule is Cl.NC(=O)Cc1cc(Br)cc(Br)c1. The van der Waals surface area contributed by atoms with Gasteiger partial charge >= 0.3 is 0 Å². The third kappa shape index (κ3) is 4.64. The van der Waals surface area contributed by atoms with Crippen LogP contribution in [0.5, 0.6) is 0 Å². The lowest BCUT2D eigenvalue weighted by Crippen LogP contribution is -2.13. The van der Waals surface area contributed by atoms with E-state index in [0.717, 1.165) is 14.5 Å². The molecule has 0 fully saturated rings. The zero-order valence-electron chi connectivity index (χ0n) is 6.59. The highest BCUT2D eigenvalue weighted by Crippen LogP contribution is 2.20. The Morgan fingerprint density at radius 1 is 1.23 bits per heavy atom. The van der Waals surface area contributed by atoms with Crippen molar-refractivity contribution in [3.05, 3.63) is 32.7 Å². The molecule has 0 spiro atoms. The second-order valence-electron chi connectivity index (χ2n) is 2.42. The van der Waals surface area contributed by atoms with E-state index in [4.69, 9.17) is 5.73 Å². The van der Waals surface area contributed by atoms with Gasteiger partial charge in [0.1, 0.15) is 0 Å². The van der Waals surface area contributed by atoms with Gasteiger partial charge in [0, 0.05) is 8.95 Å². The highest BCUT2D eigenvalue weighted by Gasteiger charge is 2.00. The molecule has 0 aromatic heterocycles. The number of primary amides is 1. The molecule has 2 N–H and O–H groups in total. The van der Waals surface area contributed by atoms with Gasteiger partial charge in [-0.25, -0.2) is 0 Å². The van der Waals surface area contributed by atoms with Gasteiger partial charge in [-0.1, -0.05) is 31.9 Å². The number of benzene rings is 1. The molecule has 0 aliphatic rings. The molecular formula is C8H8Br2ClNO. The Bertz CT molecular complexity index is 297. The van der Waals surface area contributed by atoms with Crippen LogP contribution in [0.2, 0.25) is 0 Å². The number of rotatable bonds is 2. The summed E-state index contributed by atoms with van der Waals surface area (Å²) in [5, 5.41) is 0. The average molecular weight is 329 g/mol. The third-order valence-electron chi connectivity index (χ3n) is 1.30. The molecule has 72 valence electrons. The Balaban J connectivity index is 0.00000144. The number of halogens is 3. The molecule has 0 aliphatic carbocycles. The van der Waals surface area contributed by atoms with E-state index in [9.17, 15) is 4.79 Å². The highest BCUT2D eigenvalue weighted by atomic mass is 79.9. The maximum absolute atomic E-state index is 10.6. The summed E-state index contributed by atoms with van der Waals surface area (Å²) in [5.74, 6) is -0.319. The van der Waals surface area contributed by atoms with Crippen molar-refractivity contribution in [3.8, 4) is 0 Å². The van der Waals surface area contributed by atoms with Crippen LogP contribution in [0.15, 0.2) is 27.1 Å². The Morgan fingerprint density at radius 2 is 1.69 bits per heavy atom. The summed E-state index contributed by atoms with van der Waals surface area (Å²) >= 11 is 6.64. The Hall–Kier alpha value is -0.0600. The fraction of sp³-hybridized carbons (Fsp3) is 0.125. The van der Waals surface area contributed by atoms with Crippen molar-refractivity contribution in [1.29, 1.82) is 0 Å². The fourth-order valence-corrected chi connectivity index (χ4v) is 2.30. The second kappa shape index (κ2) is 5.62. The number of nitrogens with two attached hydrogens (primary N) is 1. The molecule has 0 heterocycles. The lowest BCUT2D eigenvalue weighted by Gasteiger charge is -1.99. The van der Waals surface area contributed by atoms with Gasteiger partial charge in [0.2, 0.25) is 5.91 Å². The molecule has 0 radical (unpaired) electrons. The number of amides is 1. The summed E-state index contributed by atoms with van der Waals surface area (Å²) in [7, 11) is 0. The van der Waals surface area contributed by atoms with Gasteiger partial charge in [-0.15, -0.1) is 12.4 Å². The van der Waals surface area contributed by atoms with Crippen molar-refractivity contribution in [1.82, 2.24) is 0 Å². The first-order valence-corrected chi connectivity index (χ1v) is 4.90. The number of carbonyl (C=O) groups is 1. The quantitative estimate of drug-likeness (QED) is 0.891. The predicted molar refractivity (Wildman–Crippen MR) is 62.0 cm³/mol. The van der Waals surface area contributed by atoms with Gasteiger partial charge in [0.05, 0.1) is 6.42 Å². The number of carbonyl (C=O) groups excluding carboxylic acids is 1. The summed E-state index contributed by atoms with van der Waals surface area (Å²) in [5.41, 5.74) is 5.96. The maximum Gasteiger partial charge on any atom is 0.221 e. The molecule has 0 bridgehead atoms.